The van der Waals surface area contributed by atoms with Crippen LogP contribution in [0.1, 0.15) is 16.7 Å². The minimum atomic E-state index is -4.94. The molecule has 1 heterocycles. The standard InChI is InChI=1S/C15H10F6N.Ir/c1-9-11(13-5-3-4-6-22(13)2)7-10(14(16,17)18)8-12(9)15(19,20)21;/h3-8H,1-2H2;/q-1;. The molecule has 0 amide bonds. The first-order valence-corrected chi connectivity index (χ1v) is 5.98. The van der Waals surface area contributed by atoms with E-state index in [1.165, 1.54) is 22.9 Å². The van der Waals surface area contributed by atoms with E-state index in [-0.39, 0.29) is 37.4 Å². The van der Waals surface area contributed by atoms with Gasteiger partial charge in [0.05, 0.1) is 11.9 Å². The molecule has 23 heavy (non-hydrogen) atoms. The van der Waals surface area contributed by atoms with Crippen molar-refractivity contribution < 1.29 is 51.0 Å². The minimum Gasteiger partial charge on any atom is -0.343 e. The summed E-state index contributed by atoms with van der Waals surface area (Å²) in [4.78, 5) is 0. The van der Waals surface area contributed by atoms with Gasteiger partial charge in [-0.25, -0.2) is 0 Å². The molecule has 2 rings (SSSR count). The Kier molecular flexibility index (Phi) is 5.44. The SMILES string of the molecule is [CH2-]c1c(-c2cccc[n+]2[CH2-])cc(C(F)(F)F)cc1C(F)(F)F.[Ir]. The van der Waals surface area contributed by atoms with Crippen molar-refractivity contribution in [3.8, 4) is 11.3 Å². The normalized spacial score (nSPS) is 11.9. The molecule has 0 bridgehead atoms. The predicted molar refractivity (Wildman–Crippen MR) is 67.3 cm³/mol. The van der Waals surface area contributed by atoms with E-state index in [1.54, 1.807) is 6.07 Å². The molecule has 0 atom stereocenters. The molecule has 0 aliphatic heterocycles. The second-order valence-corrected chi connectivity index (χ2v) is 4.60. The number of hydrogen-bond acceptors (Lipinski definition) is 0. The number of nitrogens with zero attached hydrogens (tertiary/aromatic N) is 1. The van der Waals surface area contributed by atoms with E-state index in [2.05, 4.69) is 14.0 Å². The summed E-state index contributed by atoms with van der Waals surface area (Å²) in [5.74, 6) is 0. The van der Waals surface area contributed by atoms with Crippen LogP contribution in [0.5, 0.6) is 0 Å². The zero-order valence-electron chi connectivity index (χ0n) is 11.4. The molecule has 1 aromatic carbocycles. The van der Waals surface area contributed by atoms with E-state index in [0.717, 1.165) is 0 Å². The van der Waals surface area contributed by atoms with Crippen LogP contribution in [-0.2, 0) is 32.5 Å². The monoisotopic (exact) mass is 511 g/mol. The molecule has 1 radical (unpaired) electrons. The van der Waals surface area contributed by atoms with Gasteiger partial charge in [-0.15, -0.1) is 11.6 Å². The van der Waals surface area contributed by atoms with E-state index in [1.807, 2.05) is 0 Å². The molecule has 2 aromatic rings. The van der Waals surface area contributed by atoms with Crippen molar-refractivity contribution in [1.29, 1.82) is 0 Å². The summed E-state index contributed by atoms with van der Waals surface area (Å²) in [6.45, 7) is 3.30. The molecular formula is C15H10F6IrN-. The third-order valence-corrected chi connectivity index (χ3v) is 3.10. The number of benzene rings is 1. The molecule has 0 aliphatic carbocycles. The van der Waals surface area contributed by atoms with Gasteiger partial charge in [-0.3, -0.25) is 0 Å². The fourth-order valence-corrected chi connectivity index (χ4v) is 2.04. The fraction of sp³-hybridized carbons (Fsp3) is 0.133. The number of rotatable bonds is 1. The van der Waals surface area contributed by atoms with Crippen molar-refractivity contribution in [2.24, 2.45) is 0 Å². The third kappa shape index (κ3) is 4.00. The van der Waals surface area contributed by atoms with Crippen LogP contribution in [-0.4, -0.2) is 0 Å². The molecule has 1 nitrogen and oxygen atoms in total. The van der Waals surface area contributed by atoms with E-state index < -0.39 is 29.0 Å². The van der Waals surface area contributed by atoms with Crippen LogP contribution in [0.15, 0.2) is 36.5 Å². The number of alkyl halides is 6. The van der Waals surface area contributed by atoms with Gasteiger partial charge in [0, 0.05) is 32.7 Å². The van der Waals surface area contributed by atoms with Crippen LogP contribution in [0.4, 0.5) is 26.3 Å². The van der Waals surface area contributed by atoms with E-state index in [4.69, 9.17) is 0 Å². The number of hydrogen-bond donors (Lipinski definition) is 0. The maximum absolute atomic E-state index is 13.0. The topological polar surface area (TPSA) is 3.88 Å². The zero-order chi connectivity index (χ0) is 16.7. The molecule has 0 N–H and O–H groups in total. The summed E-state index contributed by atoms with van der Waals surface area (Å²) >= 11 is 0. The average molecular weight is 510 g/mol. The first kappa shape index (κ1) is 19.4. The van der Waals surface area contributed by atoms with Crippen molar-refractivity contribution in [2.45, 2.75) is 12.4 Å². The second kappa shape index (κ2) is 6.45. The van der Waals surface area contributed by atoms with E-state index >= 15 is 0 Å². The summed E-state index contributed by atoms with van der Waals surface area (Å²) in [6.07, 6.45) is -8.42. The van der Waals surface area contributed by atoms with Crippen molar-refractivity contribution in [3.05, 3.63) is 67.2 Å². The molecule has 0 fully saturated rings. The molecular weight excluding hydrogens is 500 g/mol. The van der Waals surface area contributed by atoms with Gasteiger partial charge in [-0.1, -0.05) is 24.3 Å². The Bertz CT molecular complexity index is 706. The smallest absolute Gasteiger partial charge is 0.343 e. The molecule has 0 aliphatic rings. The summed E-state index contributed by atoms with van der Waals surface area (Å²) in [7, 11) is 3.55. The largest absolute Gasteiger partial charge is 0.414 e. The van der Waals surface area contributed by atoms with Crippen LogP contribution in [0, 0.1) is 14.0 Å². The molecule has 0 spiro atoms. The van der Waals surface area contributed by atoms with Crippen LogP contribution in [0.25, 0.3) is 11.3 Å². The summed E-state index contributed by atoms with van der Waals surface area (Å²) < 4.78 is 78.8. The van der Waals surface area contributed by atoms with Crippen LogP contribution >= 0.6 is 0 Å². The first-order chi connectivity index (χ1) is 10.0. The number of pyridine rings is 1. The van der Waals surface area contributed by atoms with Crippen molar-refractivity contribution in [3.63, 3.8) is 0 Å². The fourth-order valence-electron chi connectivity index (χ4n) is 2.04. The zero-order valence-corrected chi connectivity index (χ0v) is 13.8. The van der Waals surface area contributed by atoms with Gasteiger partial charge >= 0.3 is 12.4 Å². The van der Waals surface area contributed by atoms with Gasteiger partial charge < -0.3 is 4.57 Å². The Morgan fingerprint density at radius 3 is 2.00 bits per heavy atom. The van der Waals surface area contributed by atoms with E-state index in [9.17, 15) is 26.3 Å². The van der Waals surface area contributed by atoms with Gasteiger partial charge in [-0.05, 0) is 5.56 Å². The van der Waals surface area contributed by atoms with E-state index in [0.29, 0.717) is 6.07 Å². The molecule has 8 heteroatoms. The Hall–Kier alpha value is -1.66. The Morgan fingerprint density at radius 1 is 0.913 bits per heavy atom. The maximum Gasteiger partial charge on any atom is 0.414 e. The van der Waals surface area contributed by atoms with Gasteiger partial charge in [0.15, 0.2) is 0 Å². The molecule has 0 saturated heterocycles. The van der Waals surface area contributed by atoms with Crippen LogP contribution in [0.2, 0.25) is 0 Å². The van der Waals surface area contributed by atoms with Crippen molar-refractivity contribution in [2.75, 3.05) is 0 Å². The Morgan fingerprint density at radius 2 is 1.52 bits per heavy atom. The third-order valence-electron chi connectivity index (χ3n) is 3.10. The molecule has 1 aromatic heterocycles. The average Bonchev–Trinajstić information content (AvgIpc) is 2.37. The number of halogens is 6. The van der Waals surface area contributed by atoms with Gasteiger partial charge in [0.25, 0.3) is 0 Å². The van der Waals surface area contributed by atoms with Gasteiger partial charge in [-0.2, -0.15) is 38.8 Å². The Labute approximate surface area is 142 Å². The van der Waals surface area contributed by atoms with Crippen LogP contribution in [0.3, 0.4) is 0 Å². The van der Waals surface area contributed by atoms with Crippen LogP contribution < -0.4 is 4.57 Å². The second-order valence-electron chi connectivity index (χ2n) is 4.60. The summed E-state index contributed by atoms with van der Waals surface area (Å²) in [5, 5.41) is 0. The predicted octanol–water partition coefficient (Wildman–Crippen LogP) is 4.50. The van der Waals surface area contributed by atoms with Gasteiger partial charge in [0.1, 0.15) is 0 Å². The quantitative estimate of drug-likeness (QED) is 0.302. The van der Waals surface area contributed by atoms with Gasteiger partial charge in [0.2, 0.25) is 0 Å². The Balaban J connectivity index is 0.00000264. The first-order valence-electron chi connectivity index (χ1n) is 5.98. The summed E-state index contributed by atoms with van der Waals surface area (Å²) in [6, 6.07) is 5.13. The minimum absolute atomic E-state index is 0. The molecule has 0 unspecified atom stereocenters. The van der Waals surface area contributed by atoms with Crippen molar-refractivity contribution >= 4 is 0 Å². The number of aromatic nitrogens is 1. The molecule has 0 saturated carbocycles. The summed E-state index contributed by atoms with van der Waals surface area (Å²) in [5.41, 5.74) is -3.49. The maximum atomic E-state index is 13.0. The molecule has 127 valence electrons. The van der Waals surface area contributed by atoms with Crippen molar-refractivity contribution in [1.82, 2.24) is 0 Å².